The van der Waals surface area contributed by atoms with E-state index in [4.69, 9.17) is 4.74 Å². The van der Waals surface area contributed by atoms with E-state index in [2.05, 4.69) is 4.98 Å². The number of imidazole rings is 1. The van der Waals surface area contributed by atoms with E-state index in [1.165, 1.54) is 4.90 Å². The van der Waals surface area contributed by atoms with Crippen molar-refractivity contribution in [3.63, 3.8) is 0 Å². The summed E-state index contributed by atoms with van der Waals surface area (Å²) in [7, 11) is -3.22. The Hall–Kier alpha value is -1.57. The lowest BCUT2D eigenvalue weighted by Gasteiger charge is -2.34. The molecule has 0 bridgehead atoms. The van der Waals surface area contributed by atoms with Gasteiger partial charge in [0.05, 0.1) is 11.0 Å². The first-order valence-electron chi connectivity index (χ1n) is 7.26. The third-order valence-corrected chi connectivity index (χ3v) is 5.62. The van der Waals surface area contributed by atoms with Gasteiger partial charge in [-0.25, -0.2) is 18.2 Å². The van der Waals surface area contributed by atoms with Crippen molar-refractivity contribution in [2.24, 2.45) is 0 Å². The molecule has 1 amide bonds. The van der Waals surface area contributed by atoms with Crippen LogP contribution in [0.4, 0.5) is 4.79 Å². The summed E-state index contributed by atoms with van der Waals surface area (Å²) in [5, 5.41) is -0.637. The molecule has 2 heterocycles. The molecule has 1 atom stereocenters. The van der Waals surface area contributed by atoms with E-state index in [9.17, 15) is 13.2 Å². The maximum atomic E-state index is 12.3. The zero-order valence-corrected chi connectivity index (χ0v) is 14.3. The molecule has 0 N–H and O–H groups in total. The van der Waals surface area contributed by atoms with Crippen LogP contribution in [0.2, 0.25) is 0 Å². The average Bonchev–Trinajstić information content (AvgIpc) is 2.75. The molecule has 0 spiro atoms. The van der Waals surface area contributed by atoms with Crippen LogP contribution in [0.15, 0.2) is 12.4 Å². The lowest BCUT2D eigenvalue weighted by atomic mass is 10.2. The zero-order valence-electron chi connectivity index (χ0n) is 13.4. The van der Waals surface area contributed by atoms with Crippen LogP contribution in [0.25, 0.3) is 0 Å². The Labute approximate surface area is 131 Å². The quantitative estimate of drug-likeness (QED) is 0.815. The van der Waals surface area contributed by atoms with Crippen molar-refractivity contribution >= 4 is 15.9 Å². The predicted molar refractivity (Wildman–Crippen MR) is 82.3 cm³/mol. The van der Waals surface area contributed by atoms with Gasteiger partial charge in [-0.15, -0.1) is 0 Å². The third-order valence-electron chi connectivity index (χ3n) is 3.55. The normalized spacial score (nSPS) is 21.6. The van der Waals surface area contributed by atoms with E-state index in [1.54, 1.807) is 37.7 Å². The lowest BCUT2D eigenvalue weighted by molar-refractivity contribution is 0.0251. The van der Waals surface area contributed by atoms with Gasteiger partial charge in [-0.2, -0.15) is 0 Å². The molecule has 1 aromatic heterocycles. The molecule has 1 aliphatic heterocycles. The van der Waals surface area contributed by atoms with Crippen molar-refractivity contribution in [2.45, 2.75) is 45.1 Å². The molecule has 1 aliphatic rings. The Balaban J connectivity index is 2.11. The Morgan fingerprint density at radius 1 is 1.45 bits per heavy atom. The number of nitrogens with zero attached hydrogens (tertiary/aromatic N) is 3. The fourth-order valence-electron chi connectivity index (χ4n) is 2.33. The van der Waals surface area contributed by atoms with E-state index in [0.29, 0.717) is 6.54 Å². The van der Waals surface area contributed by atoms with E-state index in [0.717, 1.165) is 5.82 Å². The van der Waals surface area contributed by atoms with Crippen molar-refractivity contribution in [3.05, 3.63) is 18.2 Å². The second-order valence-electron chi connectivity index (χ2n) is 6.54. The monoisotopic (exact) mass is 329 g/mol. The number of hydrogen-bond donors (Lipinski definition) is 0. The number of ether oxygens (including phenoxy) is 1. The highest BCUT2D eigenvalue weighted by Crippen LogP contribution is 2.18. The van der Waals surface area contributed by atoms with Crippen molar-refractivity contribution in [3.8, 4) is 0 Å². The molecule has 2 rings (SSSR count). The Bertz CT molecular complexity index is 645. The number of aryl methyl sites for hydroxylation is 1. The molecule has 0 aromatic carbocycles. The Kier molecular flexibility index (Phi) is 4.51. The molecular weight excluding hydrogens is 306 g/mol. The van der Waals surface area contributed by atoms with Gasteiger partial charge in [0.1, 0.15) is 11.4 Å². The highest BCUT2D eigenvalue weighted by atomic mass is 32.2. The summed E-state index contributed by atoms with van der Waals surface area (Å²) in [6.45, 7) is 7.81. The second kappa shape index (κ2) is 5.91. The Morgan fingerprint density at radius 3 is 2.68 bits per heavy atom. The topological polar surface area (TPSA) is 81.5 Å². The molecule has 0 saturated carbocycles. The first kappa shape index (κ1) is 16.8. The Morgan fingerprint density at radius 2 is 2.14 bits per heavy atom. The first-order valence-corrected chi connectivity index (χ1v) is 8.97. The van der Waals surface area contributed by atoms with E-state index in [-0.39, 0.29) is 18.8 Å². The molecule has 7 nitrogen and oxygen atoms in total. The molecule has 1 saturated heterocycles. The zero-order chi connectivity index (χ0) is 16.5. The molecule has 0 aliphatic carbocycles. The maximum absolute atomic E-state index is 12.3. The van der Waals surface area contributed by atoms with Crippen LogP contribution in [-0.2, 0) is 21.1 Å². The van der Waals surface area contributed by atoms with Crippen LogP contribution in [-0.4, -0.2) is 58.7 Å². The van der Waals surface area contributed by atoms with Gasteiger partial charge in [0.2, 0.25) is 0 Å². The smallest absolute Gasteiger partial charge is 0.410 e. The molecule has 124 valence electrons. The minimum absolute atomic E-state index is 0.0370. The van der Waals surface area contributed by atoms with Crippen molar-refractivity contribution in [1.82, 2.24) is 14.5 Å². The van der Waals surface area contributed by atoms with E-state index < -0.39 is 26.8 Å². The fourth-order valence-corrected chi connectivity index (χ4v) is 3.94. The molecular formula is C14H23N3O4S. The highest BCUT2D eigenvalue weighted by Gasteiger charge is 2.36. The largest absolute Gasteiger partial charge is 0.444 e. The molecule has 1 aromatic rings. The number of hydrogen-bond acceptors (Lipinski definition) is 5. The van der Waals surface area contributed by atoms with Gasteiger partial charge in [0, 0.05) is 32.0 Å². The summed E-state index contributed by atoms with van der Waals surface area (Å²) in [6.07, 6.45) is 2.92. The molecule has 8 heteroatoms. The van der Waals surface area contributed by atoms with E-state index >= 15 is 0 Å². The predicted octanol–water partition coefficient (Wildman–Crippen LogP) is 1.23. The minimum atomic E-state index is -3.22. The number of carbonyl (C=O) groups excluding carboxylic acids is 1. The molecule has 1 fully saturated rings. The van der Waals surface area contributed by atoms with Crippen LogP contribution >= 0.6 is 0 Å². The molecule has 0 radical (unpaired) electrons. The van der Waals surface area contributed by atoms with Crippen LogP contribution in [0, 0.1) is 6.92 Å². The SMILES string of the molecule is Cc1nccn1C[C@H]1CN(C(=O)OC(C)(C)C)CCS1(=O)=O. The summed E-state index contributed by atoms with van der Waals surface area (Å²) >= 11 is 0. The molecule has 22 heavy (non-hydrogen) atoms. The van der Waals surface area contributed by atoms with Gasteiger partial charge >= 0.3 is 6.09 Å². The minimum Gasteiger partial charge on any atom is -0.444 e. The van der Waals surface area contributed by atoms with Crippen LogP contribution < -0.4 is 0 Å². The lowest BCUT2D eigenvalue weighted by Crippen LogP contribution is -2.51. The number of rotatable bonds is 2. The average molecular weight is 329 g/mol. The number of aromatic nitrogens is 2. The van der Waals surface area contributed by atoms with Crippen LogP contribution in [0.3, 0.4) is 0 Å². The fraction of sp³-hybridized carbons (Fsp3) is 0.714. The third kappa shape index (κ3) is 4.00. The summed E-state index contributed by atoms with van der Waals surface area (Å²) < 4.78 is 31.6. The van der Waals surface area contributed by atoms with Gasteiger partial charge in [-0.3, -0.25) is 0 Å². The van der Waals surface area contributed by atoms with Crippen molar-refractivity contribution in [2.75, 3.05) is 18.8 Å². The highest BCUT2D eigenvalue weighted by molar-refractivity contribution is 7.92. The first-order chi connectivity index (χ1) is 10.1. The van der Waals surface area contributed by atoms with Gasteiger partial charge < -0.3 is 14.2 Å². The summed E-state index contributed by atoms with van der Waals surface area (Å²) in [5.74, 6) is 0.717. The van der Waals surface area contributed by atoms with Crippen molar-refractivity contribution in [1.29, 1.82) is 0 Å². The van der Waals surface area contributed by atoms with Gasteiger partial charge in [-0.1, -0.05) is 0 Å². The van der Waals surface area contributed by atoms with Gasteiger partial charge in [-0.05, 0) is 27.7 Å². The van der Waals surface area contributed by atoms with Gasteiger partial charge in [0.15, 0.2) is 9.84 Å². The van der Waals surface area contributed by atoms with E-state index in [1.807, 2.05) is 6.92 Å². The summed E-state index contributed by atoms with van der Waals surface area (Å²) in [4.78, 5) is 17.7. The molecule has 0 unspecified atom stereocenters. The van der Waals surface area contributed by atoms with Crippen LogP contribution in [0.5, 0.6) is 0 Å². The number of sulfone groups is 1. The van der Waals surface area contributed by atoms with Crippen molar-refractivity contribution < 1.29 is 17.9 Å². The number of carbonyl (C=O) groups is 1. The number of amides is 1. The van der Waals surface area contributed by atoms with Gasteiger partial charge in [0.25, 0.3) is 0 Å². The summed E-state index contributed by atoms with van der Waals surface area (Å²) in [6, 6.07) is 0. The van der Waals surface area contributed by atoms with Crippen LogP contribution in [0.1, 0.15) is 26.6 Å². The summed E-state index contributed by atoms with van der Waals surface area (Å²) in [5.41, 5.74) is -0.593. The standard InChI is InChI=1S/C14H23N3O4S/c1-11-15-5-6-16(11)9-12-10-17(7-8-22(12,19)20)13(18)21-14(2,3)4/h5-6,12H,7-10H2,1-4H3/t12-/m0/s1. The second-order valence-corrected chi connectivity index (χ2v) is 8.94. The maximum Gasteiger partial charge on any atom is 0.410 e.